The van der Waals surface area contributed by atoms with E-state index in [-0.39, 0.29) is 6.42 Å². The Kier molecular flexibility index (Phi) is 15.0. The Morgan fingerprint density at radius 3 is 2.35 bits per heavy atom. The van der Waals surface area contributed by atoms with Gasteiger partial charge in [-0.3, -0.25) is 4.79 Å². The van der Waals surface area contributed by atoms with Crippen LogP contribution in [0.3, 0.4) is 0 Å². The molecule has 1 fully saturated rings. The highest BCUT2D eigenvalue weighted by molar-refractivity contribution is 7.99. The van der Waals surface area contributed by atoms with Gasteiger partial charge in [0.05, 0.1) is 7.11 Å². The second-order valence-electron chi connectivity index (χ2n) is 13.2. The third kappa shape index (κ3) is 10.5. The van der Waals surface area contributed by atoms with Crippen molar-refractivity contribution in [2.24, 2.45) is 5.92 Å². The van der Waals surface area contributed by atoms with Crippen molar-refractivity contribution in [1.29, 1.82) is 0 Å². The highest BCUT2D eigenvalue weighted by Crippen LogP contribution is 2.35. The molecule has 3 rings (SSSR count). The lowest BCUT2D eigenvalue weighted by Gasteiger charge is -2.34. The summed E-state index contributed by atoms with van der Waals surface area (Å²) in [7, 11) is 1.27. The van der Waals surface area contributed by atoms with Crippen molar-refractivity contribution >= 4 is 41.5 Å². The first kappa shape index (κ1) is 38.0. The number of benzene rings is 2. The van der Waals surface area contributed by atoms with E-state index in [1.54, 1.807) is 26.8 Å². The summed E-state index contributed by atoms with van der Waals surface area (Å²) in [6.07, 6.45) is 7.88. The molecule has 0 heterocycles. The topological polar surface area (TPSA) is 84.9 Å². The van der Waals surface area contributed by atoms with Gasteiger partial charge in [0, 0.05) is 23.4 Å². The minimum Gasteiger partial charge on any atom is -0.467 e. The average Bonchev–Trinajstić information content (AvgIpc) is 3.03. The molecule has 0 saturated heterocycles. The molecule has 1 aliphatic carbocycles. The summed E-state index contributed by atoms with van der Waals surface area (Å²) in [6, 6.07) is 12.9. The molecule has 2 aromatic carbocycles. The number of carbonyl (C=O) groups excluding carboxylic acids is 3. The Bertz CT molecular complexity index is 1300. The Labute approximate surface area is 285 Å². The molecule has 1 N–H and O–H groups in total. The molecule has 0 aromatic heterocycles. The normalized spacial score (nSPS) is 15.9. The predicted molar refractivity (Wildman–Crippen MR) is 193 cm³/mol. The number of nitrogens with one attached hydrogen (secondary N) is 1. The number of thioether (sulfide) groups is 2. The summed E-state index contributed by atoms with van der Waals surface area (Å²) in [5.41, 5.74) is 3.11. The molecule has 0 spiro atoms. The molecule has 7 nitrogen and oxygen atoms in total. The number of amides is 2. The molecule has 1 saturated carbocycles. The lowest BCUT2D eigenvalue weighted by molar-refractivity contribution is -0.146. The van der Waals surface area contributed by atoms with E-state index >= 15 is 0 Å². The van der Waals surface area contributed by atoms with Crippen LogP contribution in [0.4, 0.5) is 4.79 Å². The van der Waals surface area contributed by atoms with E-state index in [4.69, 9.17) is 9.47 Å². The van der Waals surface area contributed by atoms with Crippen LogP contribution in [0.1, 0.15) is 94.6 Å². The Morgan fingerprint density at radius 1 is 1.04 bits per heavy atom. The van der Waals surface area contributed by atoms with Crippen LogP contribution in [0.15, 0.2) is 42.5 Å². The summed E-state index contributed by atoms with van der Waals surface area (Å²) in [6.45, 7) is 12.4. The third-order valence-corrected chi connectivity index (χ3v) is 10.7. The highest BCUT2D eigenvalue weighted by atomic mass is 32.2. The summed E-state index contributed by atoms with van der Waals surface area (Å²) >= 11 is 3.59. The van der Waals surface area contributed by atoms with Gasteiger partial charge in [0.15, 0.2) is 0 Å². The van der Waals surface area contributed by atoms with Gasteiger partial charge in [0.1, 0.15) is 11.6 Å². The molecule has 2 unspecified atom stereocenters. The number of ether oxygens (including phenoxy) is 2. The quantitative estimate of drug-likeness (QED) is 0.200. The maximum atomic E-state index is 14.5. The van der Waals surface area contributed by atoms with Gasteiger partial charge in [-0.05, 0) is 112 Å². The second kappa shape index (κ2) is 18.2. The number of esters is 1. The Hall–Kier alpha value is -2.49. The monoisotopic (exact) mass is 670 g/mol. The molecule has 0 bridgehead atoms. The van der Waals surface area contributed by atoms with Crippen molar-refractivity contribution in [1.82, 2.24) is 10.2 Å². The smallest absolute Gasteiger partial charge is 0.418 e. The minimum absolute atomic E-state index is 0.246. The van der Waals surface area contributed by atoms with Crippen LogP contribution in [-0.2, 0) is 20.8 Å². The maximum absolute atomic E-state index is 14.5. The lowest BCUT2D eigenvalue weighted by Crippen LogP contribution is -2.51. The number of methoxy groups -OCH3 is 1. The second-order valence-corrected chi connectivity index (χ2v) is 15.6. The first-order chi connectivity index (χ1) is 21.9. The predicted octanol–water partition coefficient (Wildman–Crippen LogP) is 8.51. The molecule has 0 radical (unpaired) electrons. The van der Waals surface area contributed by atoms with E-state index < -0.39 is 29.6 Å². The van der Waals surface area contributed by atoms with E-state index in [2.05, 4.69) is 30.9 Å². The van der Waals surface area contributed by atoms with Crippen LogP contribution >= 0.6 is 23.5 Å². The van der Waals surface area contributed by atoms with Crippen LogP contribution in [-0.4, -0.2) is 70.7 Å². The summed E-state index contributed by atoms with van der Waals surface area (Å²) < 4.78 is 10.8. The summed E-state index contributed by atoms with van der Waals surface area (Å²) in [4.78, 5) is 42.2. The van der Waals surface area contributed by atoms with Crippen LogP contribution in [0.2, 0.25) is 0 Å². The van der Waals surface area contributed by atoms with Gasteiger partial charge in [-0.2, -0.15) is 23.5 Å². The fourth-order valence-electron chi connectivity index (χ4n) is 6.24. The Morgan fingerprint density at radius 2 is 1.74 bits per heavy atom. The van der Waals surface area contributed by atoms with Gasteiger partial charge in [-0.1, -0.05) is 56.5 Å². The number of hydrogen-bond acceptors (Lipinski definition) is 8. The first-order valence-corrected chi connectivity index (χ1v) is 19.0. The van der Waals surface area contributed by atoms with Crippen LogP contribution in [0.25, 0.3) is 11.1 Å². The number of hydrogen-bond donors (Lipinski definition) is 1. The maximum Gasteiger partial charge on any atom is 0.418 e. The number of imide groups is 1. The van der Waals surface area contributed by atoms with Gasteiger partial charge in [0.25, 0.3) is 5.91 Å². The van der Waals surface area contributed by atoms with Crippen LogP contribution < -0.4 is 5.32 Å². The van der Waals surface area contributed by atoms with Crippen molar-refractivity contribution in [3.05, 3.63) is 59.2 Å². The summed E-state index contributed by atoms with van der Waals surface area (Å²) in [5.74, 6) is 1.14. The van der Waals surface area contributed by atoms with Crippen molar-refractivity contribution in [2.45, 2.75) is 110 Å². The SMILES string of the molecule is CCSC(C1CCCCC1)C(C)NCc1ccc(C(=O)N(C(=O)OC(C)(C)C)[C@@H](CCSC)C(=O)OC)c(-c2ccccc2C)c1. The van der Waals surface area contributed by atoms with Gasteiger partial charge in [0.2, 0.25) is 0 Å². The standard InChI is InChI=1S/C37H54N2O5S2/c1-9-46-33(28-16-11-10-12-17-28)26(3)38-24-27-19-20-30(31(23-27)29-18-14-13-15-25(29)2)34(40)39(36(42)44-37(4,5)6)32(21-22-45-8)35(41)43-7/h13-15,18-20,23,26,28,32-33,38H,9-12,16-17,21-22,24H2,1-8H3/t26?,32-,33?/m0/s1. The first-order valence-electron chi connectivity index (χ1n) is 16.6. The number of nitrogens with zero attached hydrogens (tertiary/aromatic N) is 1. The molecular weight excluding hydrogens is 617 g/mol. The third-order valence-electron chi connectivity index (χ3n) is 8.53. The van der Waals surface area contributed by atoms with Gasteiger partial charge < -0.3 is 14.8 Å². The fourth-order valence-corrected chi connectivity index (χ4v) is 8.01. The average molecular weight is 671 g/mol. The molecule has 254 valence electrons. The zero-order valence-corrected chi connectivity index (χ0v) is 30.7. The largest absolute Gasteiger partial charge is 0.467 e. The van der Waals surface area contributed by atoms with Crippen LogP contribution in [0, 0.1) is 12.8 Å². The van der Waals surface area contributed by atoms with Crippen molar-refractivity contribution in [3.8, 4) is 11.1 Å². The highest BCUT2D eigenvalue weighted by Gasteiger charge is 2.39. The van der Waals surface area contributed by atoms with Crippen molar-refractivity contribution < 1.29 is 23.9 Å². The molecule has 46 heavy (non-hydrogen) atoms. The number of rotatable bonds is 14. The molecule has 2 aromatic rings. The van der Waals surface area contributed by atoms with Crippen LogP contribution in [0.5, 0.6) is 0 Å². The molecule has 2 amide bonds. The van der Waals surface area contributed by atoms with E-state index in [9.17, 15) is 14.4 Å². The minimum atomic E-state index is -1.13. The molecule has 3 atom stereocenters. The van der Waals surface area contributed by atoms with Crippen molar-refractivity contribution in [3.63, 3.8) is 0 Å². The van der Waals surface area contributed by atoms with Gasteiger partial charge >= 0.3 is 12.1 Å². The molecule has 0 aliphatic heterocycles. The number of carbonyl (C=O) groups is 3. The molecule has 1 aliphatic rings. The van der Waals surface area contributed by atoms with Gasteiger partial charge in [-0.15, -0.1) is 0 Å². The fraction of sp³-hybridized carbons (Fsp3) is 0.595. The Balaban J connectivity index is 2.03. The van der Waals surface area contributed by atoms with E-state index in [1.807, 2.05) is 49.6 Å². The van der Waals surface area contributed by atoms with E-state index in [0.29, 0.717) is 34.7 Å². The molecule has 9 heteroatoms. The van der Waals surface area contributed by atoms with E-state index in [1.165, 1.54) is 51.0 Å². The zero-order chi connectivity index (χ0) is 33.9. The number of aryl methyl sites for hydroxylation is 1. The molecular formula is C37H54N2O5S2. The van der Waals surface area contributed by atoms with Gasteiger partial charge in [-0.25, -0.2) is 14.5 Å². The zero-order valence-electron chi connectivity index (χ0n) is 29.0. The van der Waals surface area contributed by atoms with E-state index in [0.717, 1.165) is 33.3 Å². The summed E-state index contributed by atoms with van der Waals surface area (Å²) in [5, 5.41) is 4.36. The lowest BCUT2D eigenvalue weighted by atomic mass is 9.84. The van der Waals surface area contributed by atoms with Crippen molar-refractivity contribution in [2.75, 3.05) is 24.9 Å².